The lowest BCUT2D eigenvalue weighted by atomic mass is 9.33. The van der Waals surface area contributed by atoms with Gasteiger partial charge in [0.2, 0.25) is 0 Å². The van der Waals surface area contributed by atoms with Gasteiger partial charge >= 0.3 is 0 Å². The quantitative estimate of drug-likeness (QED) is 0.142. The number of rotatable bonds is 8. The first-order valence-corrected chi connectivity index (χ1v) is 39.8. The first kappa shape index (κ1) is 67.1. The molecule has 0 bridgehead atoms. The third-order valence-corrected chi connectivity index (χ3v) is 23.7. The van der Waals surface area contributed by atoms with Crippen LogP contribution >= 0.6 is 0 Å². The van der Waals surface area contributed by atoms with Crippen molar-refractivity contribution in [2.75, 3.05) is 9.80 Å². The van der Waals surface area contributed by atoms with Crippen molar-refractivity contribution in [3.63, 3.8) is 0 Å². The molecule has 0 radical (unpaired) electrons. The highest BCUT2D eigenvalue weighted by Gasteiger charge is 2.46. The Balaban J connectivity index is 1.06. The average molecular weight is 1450 g/mol. The van der Waals surface area contributed by atoms with E-state index in [2.05, 4.69) is 384 Å². The largest absolute Gasteiger partial charge is 0.452 e. The summed E-state index contributed by atoms with van der Waals surface area (Å²) in [6.07, 6.45) is 0. The Hall–Kier alpha value is -10.9. The number of para-hydroxylation sites is 2. The van der Waals surface area contributed by atoms with E-state index >= 15 is 0 Å². The van der Waals surface area contributed by atoms with Crippen molar-refractivity contribution in [1.29, 1.82) is 0 Å². The minimum absolute atomic E-state index is 0.0831. The van der Waals surface area contributed by atoms with Crippen LogP contribution in [0.1, 0.15) is 191 Å². The van der Waals surface area contributed by atoms with E-state index in [1.807, 2.05) is 6.07 Å². The van der Waals surface area contributed by atoms with E-state index in [1.54, 1.807) is 0 Å². The molecule has 2 aromatic heterocycles. The van der Waals surface area contributed by atoms with Crippen molar-refractivity contribution in [2.24, 2.45) is 0 Å². The van der Waals surface area contributed by atoms with Crippen LogP contribution < -0.4 is 26.2 Å². The molecule has 4 heterocycles. The monoisotopic (exact) mass is 1450 g/mol. The molecular weight excluding hydrogens is 1340 g/mol. The summed E-state index contributed by atoms with van der Waals surface area (Å²) < 4.78 is 57.2. The fourth-order valence-corrected chi connectivity index (χ4v) is 17.0. The maximum atomic E-state index is 9.72. The normalized spacial score (nSPS) is 14.2. The van der Waals surface area contributed by atoms with Gasteiger partial charge in [-0.25, -0.2) is 0 Å². The Labute approximate surface area is 667 Å². The van der Waals surface area contributed by atoms with Gasteiger partial charge in [-0.15, -0.1) is 0 Å². The Bertz CT molecular complexity index is 6340. The van der Waals surface area contributed by atoms with Crippen LogP contribution in [0, 0.1) is 0 Å². The predicted octanol–water partition coefficient (Wildman–Crippen LogP) is 28.2. The van der Waals surface area contributed by atoms with Gasteiger partial charge in [-0.3, -0.25) is 0 Å². The molecule has 0 unspecified atom stereocenters. The molecule has 0 spiro atoms. The SMILES string of the molecule is [2H]c1c([2H])c([2H])c(-c2ccc3c(c2)N(c2c(-c4ccccc4)cc(C(C)(C)C)cc2-c2ccccc2)c2cc(-c4cc(C(C)(C)C)cc(C(C)(C)C)c4)cc4c2B3c2ccc(-c3cc(C(C)(C)C)cc(C(C)(C)C)c3)cc2N4c2cccc3c2oc2c(-n4c5ccc(C(C)(C)C)cc5c5cc(C(C)(C)C)ccc54)cccc23)c([2H])c1[2H]. The zero-order valence-corrected chi connectivity index (χ0v) is 68.8. The van der Waals surface area contributed by atoms with Crippen LogP contribution in [0.25, 0.3) is 105 Å². The van der Waals surface area contributed by atoms with Gasteiger partial charge in [-0.1, -0.05) is 333 Å². The van der Waals surface area contributed by atoms with Gasteiger partial charge < -0.3 is 18.8 Å². The molecule has 554 valence electrons. The van der Waals surface area contributed by atoms with Gasteiger partial charge in [0.05, 0.1) is 34.9 Å². The molecule has 0 N–H and O–H groups in total. The molecule has 5 heteroatoms. The van der Waals surface area contributed by atoms with E-state index in [1.165, 1.54) is 44.2 Å². The number of furan rings is 1. The summed E-state index contributed by atoms with van der Waals surface area (Å²) in [6.45, 7) is 47.9. The maximum Gasteiger partial charge on any atom is 0.252 e. The number of benzene rings is 13. The lowest BCUT2D eigenvalue weighted by molar-refractivity contribution is 0.568. The fraction of sp³-hybridized carbons (Fsp3) is 0.264. The molecule has 15 aromatic rings. The summed E-state index contributed by atoms with van der Waals surface area (Å²) in [5.74, 6) is 0. The van der Waals surface area contributed by atoms with Gasteiger partial charge in [-0.05, 0) is 211 Å². The second-order valence-corrected chi connectivity index (χ2v) is 38.8. The summed E-state index contributed by atoms with van der Waals surface area (Å²) in [6, 6.07) is 84.9. The zero-order chi connectivity index (χ0) is 82.5. The maximum absolute atomic E-state index is 9.72. The molecule has 111 heavy (non-hydrogen) atoms. The number of hydrogen-bond donors (Lipinski definition) is 0. The van der Waals surface area contributed by atoms with Crippen molar-refractivity contribution in [3.8, 4) is 61.3 Å². The van der Waals surface area contributed by atoms with E-state index in [9.17, 15) is 5.48 Å². The summed E-state index contributed by atoms with van der Waals surface area (Å²) >= 11 is 0. The molecule has 13 aromatic carbocycles. The van der Waals surface area contributed by atoms with Crippen LogP contribution in [0.2, 0.25) is 0 Å². The third kappa shape index (κ3) is 12.7. The molecule has 2 aliphatic rings. The number of anilines is 6. The van der Waals surface area contributed by atoms with Gasteiger partial charge in [0.15, 0.2) is 11.2 Å². The summed E-state index contributed by atoms with van der Waals surface area (Å²) in [5.41, 5.74) is 29.8. The second kappa shape index (κ2) is 25.9. The van der Waals surface area contributed by atoms with E-state index in [0.717, 1.165) is 139 Å². The first-order chi connectivity index (χ1) is 54.5. The standard InChI is InChI=1S/C106H106BN3O/c1-100(2,3)73-45-49-88-84(61-73)85-62-74(101(4,5)6)46-50-89(85)108(88)90-41-31-39-80-81-40-32-42-91(99(81)111-98(80)90)109-92-56-69(70-51-75(102(7,8)9)59-76(52-70)103(10,11)12)44-48-86(92)107-87-47-43-68(65-33-25-22-26-34-65)55-93(87)110(95-58-72(57-94(109)96(95)107)71-53-77(104(13,14)15)60-78(54-71)105(16,17)18)97-82(66-35-27-23-28-36-66)63-79(106(19,20)21)64-83(97)67-37-29-24-30-38-67/h22-64H,1-21H3/i22D,25D,26D,33D,34D. The Kier molecular flexibility index (Phi) is 15.6. The van der Waals surface area contributed by atoms with Crippen LogP contribution in [0.5, 0.6) is 0 Å². The van der Waals surface area contributed by atoms with Crippen LogP contribution in [0.3, 0.4) is 0 Å². The lowest BCUT2D eigenvalue weighted by Gasteiger charge is -2.45. The van der Waals surface area contributed by atoms with Crippen LogP contribution in [0.15, 0.2) is 265 Å². The van der Waals surface area contributed by atoms with E-state index in [4.69, 9.17) is 5.79 Å². The van der Waals surface area contributed by atoms with Crippen molar-refractivity contribution in [1.82, 2.24) is 4.57 Å². The van der Waals surface area contributed by atoms with Crippen molar-refractivity contribution in [2.45, 2.75) is 183 Å². The predicted molar refractivity (Wildman–Crippen MR) is 480 cm³/mol. The molecule has 17 rings (SSSR count). The second-order valence-electron chi connectivity index (χ2n) is 38.8. The summed E-state index contributed by atoms with van der Waals surface area (Å²) in [4.78, 5) is 5.05. The smallest absolute Gasteiger partial charge is 0.252 e. The molecule has 2 aliphatic heterocycles. The van der Waals surface area contributed by atoms with Crippen LogP contribution in [-0.4, -0.2) is 11.3 Å². The number of aromatic nitrogens is 1. The third-order valence-electron chi connectivity index (χ3n) is 23.7. The van der Waals surface area contributed by atoms with Gasteiger partial charge in [-0.2, -0.15) is 0 Å². The topological polar surface area (TPSA) is 24.6 Å². The Morgan fingerprint density at radius 2 is 0.649 bits per heavy atom. The Morgan fingerprint density at radius 1 is 0.270 bits per heavy atom. The fourth-order valence-electron chi connectivity index (χ4n) is 17.0. The lowest BCUT2D eigenvalue weighted by Crippen LogP contribution is -2.61. The minimum Gasteiger partial charge on any atom is -0.452 e. The minimum atomic E-state index is -0.449. The van der Waals surface area contributed by atoms with Crippen molar-refractivity contribution >= 4 is 101 Å². The molecule has 4 nitrogen and oxygen atoms in total. The van der Waals surface area contributed by atoms with E-state index in [0.29, 0.717) is 5.56 Å². The van der Waals surface area contributed by atoms with Crippen molar-refractivity contribution < 1.29 is 11.3 Å². The molecule has 0 saturated heterocycles. The highest BCUT2D eigenvalue weighted by Crippen LogP contribution is 2.55. The van der Waals surface area contributed by atoms with Gasteiger partial charge in [0.25, 0.3) is 6.71 Å². The number of hydrogen-bond acceptors (Lipinski definition) is 3. The average Bonchev–Trinajstić information content (AvgIpc) is 0.768. The van der Waals surface area contributed by atoms with Crippen molar-refractivity contribution in [3.05, 3.63) is 300 Å². The summed E-state index contributed by atoms with van der Waals surface area (Å²) in [5, 5.41) is 4.40. The highest BCUT2D eigenvalue weighted by atomic mass is 16.3. The molecular formula is C106H106BN3O. The molecule has 0 amide bonds. The molecule has 0 saturated carbocycles. The van der Waals surface area contributed by atoms with E-state index in [-0.39, 0.29) is 67.6 Å². The van der Waals surface area contributed by atoms with Crippen LogP contribution in [0.4, 0.5) is 34.1 Å². The molecule has 0 aliphatic carbocycles. The number of fused-ring (bicyclic) bond motifs is 10. The first-order valence-electron chi connectivity index (χ1n) is 42.3. The molecule has 0 fully saturated rings. The Morgan fingerprint density at radius 3 is 1.10 bits per heavy atom. The van der Waals surface area contributed by atoms with Gasteiger partial charge in [0.1, 0.15) is 0 Å². The summed E-state index contributed by atoms with van der Waals surface area (Å²) in [7, 11) is 0. The van der Waals surface area contributed by atoms with Gasteiger partial charge in [0, 0.05) is 55.4 Å². The van der Waals surface area contributed by atoms with E-state index < -0.39 is 12.8 Å². The van der Waals surface area contributed by atoms with Crippen LogP contribution in [-0.2, 0) is 37.9 Å². The zero-order valence-electron chi connectivity index (χ0n) is 73.8. The molecule has 0 atom stereocenters. The highest BCUT2D eigenvalue weighted by molar-refractivity contribution is 7.00. The number of nitrogens with zero attached hydrogens (tertiary/aromatic N) is 3.